The summed E-state index contributed by atoms with van der Waals surface area (Å²) in [5.74, 6) is -1.28. The van der Waals surface area contributed by atoms with E-state index in [0.29, 0.717) is 5.69 Å². The highest BCUT2D eigenvalue weighted by molar-refractivity contribution is 5.93. The number of rotatable bonds is 4. The molecule has 0 amide bonds. The molecular formula is C15H20N2O4. The Labute approximate surface area is 123 Å². The van der Waals surface area contributed by atoms with Crippen molar-refractivity contribution >= 4 is 17.3 Å². The average Bonchev–Trinajstić information content (AvgIpc) is 2.40. The van der Waals surface area contributed by atoms with Crippen molar-refractivity contribution in [2.24, 2.45) is 5.41 Å². The fourth-order valence-electron chi connectivity index (χ4n) is 2.92. The zero-order valence-electron chi connectivity index (χ0n) is 12.3. The molecule has 1 saturated carbocycles. The molecule has 6 nitrogen and oxygen atoms in total. The maximum atomic E-state index is 11.2. The van der Waals surface area contributed by atoms with Crippen molar-refractivity contribution in [3.63, 3.8) is 0 Å². The van der Waals surface area contributed by atoms with E-state index < -0.39 is 10.9 Å². The zero-order valence-corrected chi connectivity index (χ0v) is 12.3. The Kier molecular flexibility index (Phi) is 4.16. The lowest BCUT2D eigenvalue weighted by atomic mass is 9.73. The molecule has 1 aliphatic carbocycles. The molecule has 114 valence electrons. The minimum absolute atomic E-state index is 0.128. The molecule has 21 heavy (non-hydrogen) atoms. The molecule has 0 radical (unpaired) electrons. The lowest BCUT2D eigenvalue weighted by Crippen LogP contribution is -2.38. The highest BCUT2D eigenvalue weighted by Crippen LogP contribution is 2.37. The number of benzene rings is 1. The van der Waals surface area contributed by atoms with Crippen LogP contribution in [0, 0.1) is 15.5 Å². The van der Waals surface area contributed by atoms with E-state index in [9.17, 15) is 14.9 Å². The van der Waals surface area contributed by atoms with Gasteiger partial charge in [0.25, 0.3) is 5.69 Å². The number of nitro benzene ring substituents is 1. The Hall–Kier alpha value is -2.11. The van der Waals surface area contributed by atoms with E-state index in [-0.39, 0.29) is 22.7 Å². The predicted octanol–water partition coefficient (Wildman–Crippen LogP) is 3.67. The van der Waals surface area contributed by atoms with E-state index in [1.165, 1.54) is 18.6 Å². The summed E-state index contributed by atoms with van der Waals surface area (Å²) < 4.78 is 0. The quantitative estimate of drug-likeness (QED) is 0.652. The van der Waals surface area contributed by atoms with Crippen LogP contribution in [0.4, 0.5) is 11.4 Å². The molecule has 6 heteroatoms. The van der Waals surface area contributed by atoms with E-state index >= 15 is 0 Å². The summed E-state index contributed by atoms with van der Waals surface area (Å²) in [6, 6.07) is 4.43. The summed E-state index contributed by atoms with van der Waals surface area (Å²) in [5, 5.41) is 23.3. The Morgan fingerprint density at radius 3 is 2.71 bits per heavy atom. The second kappa shape index (κ2) is 5.71. The normalized spacial score (nSPS) is 20.8. The van der Waals surface area contributed by atoms with Crippen molar-refractivity contribution in [2.45, 2.75) is 45.6 Å². The van der Waals surface area contributed by atoms with Crippen LogP contribution in [-0.4, -0.2) is 22.0 Å². The summed E-state index contributed by atoms with van der Waals surface area (Å²) in [6.45, 7) is 4.38. The van der Waals surface area contributed by atoms with Gasteiger partial charge in [-0.3, -0.25) is 10.1 Å². The fourth-order valence-corrected chi connectivity index (χ4v) is 2.92. The molecule has 0 aliphatic heterocycles. The first-order valence-corrected chi connectivity index (χ1v) is 7.09. The summed E-state index contributed by atoms with van der Waals surface area (Å²) in [4.78, 5) is 21.3. The summed E-state index contributed by atoms with van der Waals surface area (Å²) >= 11 is 0. The van der Waals surface area contributed by atoms with Crippen LogP contribution in [0.5, 0.6) is 0 Å². The van der Waals surface area contributed by atoms with Gasteiger partial charge in [0.05, 0.1) is 4.92 Å². The number of carbonyl (C=O) groups is 1. The molecule has 2 N–H and O–H groups in total. The van der Waals surface area contributed by atoms with Crippen molar-refractivity contribution in [1.29, 1.82) is 0 Å². The molecule has 0 bridgehead atoms. The van der Waals surface area contributed by atoms with E-state index in [1.807, 2.05) is 0 Å². The molecule has 1 atom stereocenters. The van der Waals surface area contributed by atoms with Gasteiger partial charge in [0.2, 0.25) is 0 Å². The molecule has 0 spiro atoms. The number of anilines is 1. The fraction of sp³-hybridized carbons (Fsp3) is 0.533. The third-order valence-corrected chi connectivity index (χ3v) is 4.27. The smallest absolute Gasteiger partial charge is 0.342 e. The SMILES string of the molecule is CC1(C)CCCCC1Nc1ccc([N+](=O)[O-])c(C(=O)O)c1. The molecule has 1 aromatic rings. The van der Waals surface area contributed by atoms with Gasteiger partial charge < -0.3 is 10.4 Å². The van der Waals surface area contributed by atoms with Gasteiger partial charge in [0.1, 0.15) is 5.56 Å². The number of carboxylic acids is 1. The van der Waals surface area contributed by atoms with Crippen LogP contribution in [0.2, 0.25) is 0 Å². The van der Waals surface area contributed by atoms with Crippen LogP contribution < -0.4 is 5.32 Å². The van der Waals surface area contributed by atoms with Crippen LogP contribution in [0.25, 0.3) is 0 Å². The largest absolute Gasteiger partial charge is 0.477 e. The molecule has 0 heterocycles. The van der Waals surface area contributed by atoms with Gasteiger partial charge in [-0.1, -0.05) is 26.7 Å². The third-order valence-electron chi connectivity index (χ3n) is 4.27. The van der Waals surface area contributed by atoms with Crippen LogP contribution in [0.3, 0.4) is 0 Å². The third kappa shape index (κ3) is 3.32. The van der Waals surface area contributed by atoms with Crippen LogP contribution in [0.15, 0.2) is 18.2 Å². The first-order valence-electron chi connectivity index (χ1n) is 7.09. The first-order chi connectivity index (χ1) is 9.81. The van der Waals surface area contributed by atoms with Gasteiger partial charge in [-0.25, -0.2) is 4.79 Å². The molecule has 0 aromatic heterocycles. The number of nitrogens with zero attached hydrogens (tertiary/aromatic N) is 1. The van der Waals surface area contributed by atoms with Gasteiger partial charge in [-0.15, -0.1) is 0 Å². The summed E-state index contributed by atoms with van der Waals surface area (Å²) in [6.07, 6.45) is 4.47. The summed E-state index contributed by atoms with van der Waals surface area (Å²) in [5.41, 5.74) is 0.0937. The molecular weight excluding hydrogens is 272 g/mol. The maximum Gasteiger partial charge on any atom is 0.342 e. The summed E-state index contributed by atoms with van der Waals surface area (Å²) in [7, 11) is 0. The average molecular weight is 292 g/mol. The van der Waals surface area contributed by atoms with Gasteiger partial charge in [-0.05, 0) is 30.4 Å². The Bertz CT molecular complexity index is 569. The Morgan fingerprint density at radius 2 is 2.14 bits per heavy atom. The zero-order chi connectivity index (χ0) is 15.6. The Morgan fingerprint density at radius 1 is 1.43 bits per heavy atom. The number of aromatic carboxylic acids is 1. The lowest BCUT2D eigenvalue weighted by molar-refractivity contribution is -0.385. The number of hydrogen-bond acceptors (Lipinski definition) is 4. The number of hydrogen-bond donors (Lipinski definition) is 2. The topological polar surface area (TPSA) is 92.5 Å². The number of nitrogens with one attached hydrogen (secondary N) is 1. The van der Waals surface area contributed by atoms with Crippen molar-refractivity contribution in [3.05, 3.63) is 33.9 Å². The van der Waals surface area contributed by atoms with Gasteiger partial charge in [-0.2, -0.15) is 0 Å². The predicted molar refractivity (Wildman–Crippen MR) is 79.7 cm³/mol. The van der Waals surface area contributed by atoms with Crippen LogP contribution in [-0.2, 0) is 0 Å². The number of nitro groups is 1. The van der Waals surface area contributed by atoms with E-state index in [0.717, 1.165) is 19.3 Å². The lowest BCUT2D eigenvalue weighted by Gasteiger charge is -2.39. The van der Waals surface area contributed by atoms with Crippen molar-refractivity contribution < 1.29 is 14.8 Å². The van der Waals surface area contributed by atoms with E-state index in [4.69, 9.17) is 5.11 Å². The molecule has 0 saturated heterocycles. The van der Waals surface area contributed by atoms with Crippen LogP contribution in [0.1, 0.15) is 49.9 Å². The second-order valence-electron chi connectivity index (χ2n) is 6.23. The van der Waals surface area contributed by atoms with Gasteiger partial charge in [0.15, 0.2) is 0 Å². The minimum Gasteiger partial charge on any atom is -0.477 e. The highest BCUT2D eigenvalue weighted by atomic mass is 16.6. The van der Waals surface area contributed by atoms with E-state index in [1.54, 1.807) is 6.07 Å². The van der Waals surface area contributed by atoms with E-state index in [2.05, 4.69) is 19.2 Å². The maximum absolute atomic E-state index is 11.2. The first kappa shape index (κ1) is 15.3. The molecule has 1 unspecified atom stereocenters. The van der Waals surface area contributed by atoms with Crippen LogP contribution >= 0.6 is 0 Å². The standard InChI is InChI=1S/C15H20N2O4/c1-15(2)8-4-3-5-13(15)16-10-6-7-12(17(20)21)11(9-10)14(18)19/h6-7,9,13,16H,3-5,8H2,1-2H3,(H,18,19). The van der Waals surface area contributed by atoms with Gasteiger partial charge >= 0.3 is 5.97 Å². The van der Waals surface area contributed by atoms with Crippen molar-refractivity contribution in [2.75, 3.05) is 5.32 Å². The number of carboxylic acid groups (broad SMARTS) is 1. The molecule has 1 aliphatic rings. The second-order valence-corrected chi connectivity index (χ2v) is 6.23. The minimum atomic E-state index is -1.28. The van der Waals surface area contributed by atoms with Crippen molar-refractivity contribution in [3.8, 4) is 0 Å². The Balaban J connectivity index is 2.27. The molecule has 1 aromatic carbocycles. The van der Waals surface area contributed by atoms with Gasteiger partial charge in [0, 0.05) is 17.8 Å². The van der Waals surface area contributed by atoms with Crippen molar-refractivity contribution in [1.82, 2.24) is 0 Å². The molecule has 1 fully saturated rings. The monoisotopic (exact) mass is 292 g/mol. The highest BCUT2D eigenvalue weighted by Gasteiger charge is 2.32. The molecule has 2 rings (SSSR count).